The quantitative estimate of drug-likeness (QED) is 0.667. The first-order valence-corrected chi connectivity index (χ1v) is 8.05. The molecule has 0 aliphatic heterocycles. The van der Waals surface area contributed by atoms with E-state index in [1.54, 1.807) is 18.2 Å². The molecule has 1 aromatic heterocycles. The molecule has 3 rings (SSSR count). The Morgan fingerprint density at radius 3 is 2.88 bits per heavy atom. The van der Waals surface area contributed by atoms with E-state index in [2.05, 4.69) is 27.8 Å². The van der Waals surface area contributed by atoms with E-state index in [4.69, 9.17) is 16.4 Å². The molecule has 0 saturated heterocycles. The third-order valence-corrected chi connectivity index (χ3v) is 3.74. The van der Waals surface area contributed by atoms with Crippen LogP contribution in [0.5, 0.6) is 0 Å². The number of aromatic nitrogens is 3. The fourth-order valence-electron chi connectivity index (χ4n) is 2.30. The van der Waals surface area contributed by atoms with Crippen LogP contribution >= 0.6 is 11.6 Å². The molecule has 124 valence electrons. The number of amides is 1. The molecule has 0 radical (unpaired) electrons. The van der Waals surface area contributed by atoms with E-state index in [0.717, 1.165) is 12.8 Å². The summed E-state index contributed by atoms with van der Waals surface area (Å²) in [5, 5.41) is 11.2. The fraction of sp³-hybridized carbons (Fsp3) is 0.235. The summed E-state index contributed by atoms with van der Waals surface area (Å²) in [7, 11) is 0. The summed E-state index contributed by atoms with van der Waals surface area (Å²) in [4.78, 5) is 18.4. The number of nitrogens with one attached hydrogen (secondary N) is 1. The van der Waals surface area contributed by atoms with Crippen LogP contribution in [0, 0.1) is 0 Å². The van der Waals surface area contributed by atoms with Crippen molar-refractivity contribution in [3.63, 3.8) is 0 Å². The minimum atomic E-state index is -0.200. The number of hydrogen-bond donors (Lipinski definition) is 1. The monoisotopic (exact) mass is 344 g/mol. The topological polar surface area (TPSA) is 69.0 Å². The number of rotatable bonds is 7. The van der Waals surface area contributed by atoms with Gasteiger partial charge in [-0.1, -0.05) is 46.8 Å². The molecule has 0 fully saturated rings. The Bertz CT molecular complexity index is 820. The zero-order valence-electron chi connectivity index (χ0n) is 13.0. The average molecular weight is 345 g/mol. The number of carbonyl (C=O) groups is 1. The molecule has 2 aromatic carbocycles. The van der Waals surface area contributed by atoms with Crippen molar-refractivity contribution in [1.29, 1.82) is 0 Å². The van der Waals surface area contributed by atoms with E-state index in [9.17, 15) is 4.79 Å². The molecular weight excluding hydrogens is 328 g/mol. The van der Waals surface area contributed by atoms with E-state index in [-0.39, 0.29) is 12.5 Å². The SMILES string of the molecule is O=C(COn1nnc2ccc(Cl)cc21)NCCCc1ccccc1. The highest BCUT2D eigenvalue weighted by Crippen LogP contribution is 2.16. The Morgan fingerprint density at radius 2 is 2.04 bits per heavy atom. The van der Waals surface area contributed by atoms with E-state index in [1.807, 2.05) is 18.2 Å². The third-order valence-electron chi connectivity index (χ3n) is 3.50. The molecule has 6 nitrogen and oxygen atoms in total. The van der Waals surface area contributed by atoms with Crippen LogP contribution in [-0.4, -0.2) is 34.2 Å². The highest BCUT2D eigenvalue weighted by Gasteiger charge is 2.08. The van der Waals surface area contributed by atoms with Gasteiger partial charge >= 0.3 is 0 Å². The fourth-order valence-corrected chi connectivity index (χ4v) is 2.47. The Balaban J connectivity index is 1.43. The molecule has 0 aliphatic carbocycles. The lowest BCUT2D eigenvalue weighted by molar-refractivity contribution is -0.126. The molecule has 0 aliphatic rings. The first-order valence-electron chi connectivity index (χ1n) is 7.67. The normalized spacial score (nSPS) is 10.7. The number of nitrogens with zero attached hydrogens (tertiary/aromatic N) is 3. The van der Waals surface area contributed by atoms with Gasteiger partial charge in [0.05, 0.1) is 0 Å². The van der Waals surface area contributed by atoms with Crippen molar-refractivity contribution in [1.82, 2.24) is 20.5 Å². The van der Waals surface area contributed by atoms with Gasteiger partial charge in [-0.15, -0.1) is 5.10 Å². The van der Waals surface area contributed by atoms with Gasteiger partial charge in [0.2, 0.25) is 0 Å². The maximum absolute atomic E-state index is 11.8. The van der Waals surface area contributed by atoms with E-state index >= 15 is 0 Å². The van der Waals surface area contributed by atoms with Crippen LogP contribution in [0.1, 0.15) is 12.0 Å². The van der Waals surface area contributed by atoms with Crippen LogP contribution < -0.4 is 10.2 Å². The molecule has 0 bridgehead atoms. The lowest BCUT2D eigenvalue weighted by Gasteiger charge is -2.07. The third kappa shape index (κ3) is 4.23. The summed E-state index contributed by atoms with van der Waals surface area (Å²) in [5.74, 6) is -0.200. The molecule has 0 saturated carbocycles. The molecule has 0 spiro atoms. The molecule has 1 N–H and O–H groups in total. The van der Waals surface area contributed by atoms with Crippen molar-refractivity contribution < 1.29 is 9.63 Å². The summed E-state index contributed by atoms with van der Waals surface area (Å²) in [5.41, 5.74) is 2.54. The number of hydrogen-bond acceptors (Lipinski definition) is 4. The van der Waals surface area contributed by atoms with Crippen LogP contribution in [0.25, 0.3) is 11.0 Å². The second-order valence-corrected chi connectivity index (χ2v) is 5.74. The van der Waals surface area contributed by atoms with Gasteiger partial charge in [0.25, 0.3) is 5.91 Å². The predicted molar refractivity (Wildman–Crippen MR) is 91.8 cm³/mol. The van der Waals surface area contributed by atoms with Crippen LogP contribution in [0.3, 0.4) is 0 Å². The van der Waals surface area contributed by atoms with Crippen molar-refractivity contribution >= 4 is 28.5 Å². The molecular formula is C17H17ClN4O2. The minimum Gasteiger partial charge on any atom is -0.385 e. The summed E-state index contributed by atoms with van der Waals surface area (Å²) in [6, 6.07) is 15.3. The van der Waals surface area contributed by atoms with Crippen molar-refractivity contribution in [2.75, 3.05) is 13.2 Å². The maximum Gasteiger partial charge on any atom is 0.260 e. The van der Waals surface area contributed by atoms with Crippen LogP contribution in [0.15, 0.2) is 48.5 Å². The zero-order valence-corrected chi connectivity index (χ0v) is 13.7. The Labute approximate surface area is 144 Å². The minimum absolute atomic E-state index is 0.129. The summed E-state index contributed by atoms with van der Waals surface area (Å²) >= 11 is 5.94. The van der Waals surface area contributed by atoms with Gasteiger partial charge in [-0.2, -0.15) is 0 Å². The van der Waals surface area contributed by atoms with Gasteiger partial charge in [-0.25, -0.2) is 0 Å². The molecule has 3 aromatic rings. The van der Waals surface area contributed by atoms with Crippen LogP contribution in [-0.2, 0) is 11.2 Å². The number of halogens is 1. The molecule has 24 heavy (non-hydrogen) atoms. The summed E-state index contributed by atoms with van der Waals surface area (Å²) in [6.07, 6.45) is 1.80. The van der Waals surface area contributed by atoms with Crippen LogP contribution in [0.4, 0.5) is 0 Å². The predicted octanol–water partition coefficient (Wildman–Crippen LogP) is 2.26. The Morgan fingerprint density at radius 1 is 1.21 bits per heavy atom. The average Bonchev–Trinajstić information content (AvgIpc) is 3.00. The second kappa shape index (κ2) is 7.79. The molecule has 1 amide bonds. The highest BCUT2D eigenvalue weighted by atomic mass is 35.5. The zero-order chi connectivity index (χ0) is 16.8. The number of fused-ring (bicyclic) bond motifs is 1. The van der Waals surface area contributed by atoms with E-state index in [1.165, 1.54) is 10.4 Å². The van der Waals surface area contributed by atoms with Gasteiger partial charge < -0.3 is 10.2 Å². The maximum atomic E-state index is 11.8. The second-order valence-electron chi connectivity index (χ2n) is 5.31. The van der Waals surface area contributed by atoms with Crippen molar-refractivity contribution in [3.05, 3.63) is 59.1 Å². The largest absolute Gasteiger partial charge is 0.385 e. The van der Waals surface area contributed by atoms with Gasteiger partial charge in [0.1, 0.15) is 11.0 Å². The van der Waals surface area contributed by atoms with Gasteiger partial charge in [0.15, 0.2) is 6.61 Å². The molecule has 0 atom stereocenters. The highest BCUT2D eigenvalue weighted by molar-refractivity contribution is 6.31. The van der Waals surface area contributed by atoms with Crippen molar-refractivity contribution in [3.8, 4) is 0 Å². The lowest BCUT2D eigenvalue weighted by atomic mass is 10.1. The first-order chi connectivity index (χ1) is 11.7. The summed E-state index contributed by atoms with van der Waals surface area (Å²) < 4.78 is 0. The number of benzene rings is 2. The van der Waals surface area contributed by atoms with Gasteiger partial charge in [0, 0.05) is 11.6 Å². The van der Waals surface area contributed by atoms with Gasteiger partial charge in [-0.3, -0.25) is 4.79 Å². The van der Waals surface area contributed by atoms with Crippen molar-refractivity contribution in [2.45, 2.75) is 12.8 Å². The Kier molecular flexibility index (Phi) is 5.28. The van der Waals surface area contributed by atoms with E-state index < -0.39 is 0 Å². The molecule has 7 heteroatoms. The standard InChI is InChI=1S/C17H17ClN4O2/c18-14-8-9-15-16(11-14)22(21-20-15)24-12-17(23)19-10-4-7-13-5-2-1-3-6-13/h1-3,5-6,8-9,11H,4,7,10,12H2,(H,19,23). The lowest BCUT2D eigenvalue weighted by Crippen LogP contribution is -2.32. The first kappa shape index (κ1) is 16.3. The van der Waals surface area contributed by atoms with Gasteiger partial charge in [-0.05, 0) is 41.8 Å². The molecule has 0 unspecified atom stereocenters. The molecule has 1 heterocycles. The smallest absolute Gasteiger partial charge is 0.260 e. The number of aryl methyl sites for hydroxylation is 1. The van der Waals surface area contributed by atoms with E-state index in [0.29, 0.717) is 22.6 Å². The Hall–Kier alpha value is -2.60. The summed E-state index contributed by atoms with van der Waals surface area (Å²) in [6.45, 7) is 0.470. The van der Waals surface area contributed by atoms with Crippen molar-refractivity contribution in [2.24, 2.45) is 0 Å². The number of carbonyl (C=O) groups excluding carboxylic acids is 1. The van der Waals surface area contributed by atoms with Crippen LogP contribution in [0.2, 0.25) is 5.02 Å².